The number of allylic oxidation sites excluding steroid dienone is 1. The lowest BCUT2D eigenvalue weighted by molar-refractivity contribution is -0.109. The molecule has 0 aromatic heterocycles. The summed E-state index contributed by atoms with van der Waals surface area (Å²) in [6.45, 7) is 0.581. The molecule has 0 saturated heterocycles. The Balaban J connectivity index is 2.40. The zero-order valence-electron chi connectivity index (χ0n) is 5.37. The van der Waals surface area contributed by atoms with Crippen LogP contribution in [-0.2, 0) is 4.79 Å². The molecule has 0 unspecified atom stereocenters. The first-order valence-electron chi connectivity index (χ1n) is 3.16. The summed E-state index contributed by atoms with van der Waals surface area (Å²) in [6.07, 6.45) is 3.84. The van der Waals surface area contributed by atoms with Crippen molar-refractivity contribution in [3.8, 4) is 0 Å². The van der Waals surface area contributed by atoms with E-state index in [2.05, 4.69) is 9.98 Å². The number of ketones is 1. The molecular weight excluding hydrogens is 128 g/mol. The Labute approximate surface area is 58.2 Å². The first-order valence-corrected chi connectivity index (χ1v) is 3.16. The second-order valence-electron chi connectivity index (χ2n) is 2.28. The predicted octanol–water partition coefficient (Wildman–Crippen LogP) is 0.368. The van der Waals surface area contributed by atoms with Crippen molar-refractivity contribution in [2.75, 3.05) is 6.54 Å². The molecule has 2 aliphatic rings. The summed E-state index contributed by atoms with van der Waals surface area (Å²) in [7, 11) is 0. The van der Waals surface area contributed by atoms with Crippen molar-refractivity contribution in [1.29, 1.82) is 0 Å². The van der Waals surface area contributed by atoms with Crippen LogP contribution >= 0.6 is 0 Å². The second-order valence-corrected chi connectivity index (χ2v) is 2.28. The molecule has 0 amide bonds. The Morgan fingerprint density at radius 1 is 1.50 bits per heavy atom. The highest BCUT2D eigenvalue weighted by Crippen LogP contribution is 2.18. The van der Waals surface area contributed by atoms with Gasteiger partial charge >= 0.3 is 0 Å². The topological polar surface area (TPSA) is 41.8 Å². The summed E-state index contributed by atoms with van der Waals surface area (Å²) in [5, 5.41) is 0. The lowest BCUT2D eigenvalue weighted by Crippen LogP contribution is -2.10. The zero-order valence-corrected chi connectivity index (χ0v) is 5.37. The van der Waals surface area contributed by atoms with Crippen LogP contribution in [0.4, 0.5) is 0 Å². The molecule has 0 N–H and O–H groups in total. The molecular formula is C7H6N2O. The van der Waals surface area contributed by atoms with E-state index in [0.29, 0.717) is 13.0 Å². The van der Waals surface area contributed by atoms with Gasteiger partial charge in [-0.3, -0.25) is 14.8 Å². The van der Waals surface area contributed by atoms with Crippen molar-refractivity contribution in [1.82, 2.24) is 0 Å². The van der Waals surface area contributed by atoms with E-state index in [9.17, 15) is 4.79 Å². The van der Waals surface area contributed by atoms with E-state index in [1.807, 2.05) is 0 Å². The molecule has 0 aromatic carbocycles. The molecule has 3 heteroatoms. The van der Waals surface area contributed by atoms with Gasteiger partial charge in [0.05, 0.1) is 18.5 Å². The summed E-state index contributed by atoms with van der Waals surface area (Å²) < 4.78 is 0. The molecule has 2 aliphatic heterocycles. The van der Waals surface area contributed by atoms with Gasteiger partial charge in [0.15, 0.2) is 0 Å². The van der Waals surface area contributed by atoms with Gasteiger partial charge in [-0.05, 0) is 0 Å². The Hall–Kier alpha value is -1.25. The smallest absolute Gasteiger partial charge is 0.201 e. The van der Waals surface area contributed by atoms with Gasteiger partial charge < -0.3 is 0 Å². The minimum atomic E-state index is 0.0266. The molecule has 0 saturated carbocycles. The fourth-order valence-electron chi connectivity index (χ4n) is 1.11. The number of hydrogen-bond acceptors (Lipinski definition) is 3. The van der Waals surface area contributed by atoms with E-state index < -0.39 is 0 Å². The van der Waals surface area contributed by atoms with Gasteiger partial charge in [-0.15, -0.1) is 0 Å². The van der Waals surface area contributed by atoms with Gasteiger partial charge in [0.2, 0.25) is 5.78 Å². The third kappa shape index (κ3) is 0.635. The van der Waals surface area contributed by atoms with Crippen molar-refractivity contribution in [3.63, 3.8) is 0 Å². The van der Waals surface area contributed by atoms with Crippen LogP contribution in [0.5, 0.6) is 0 Å². The molecule has 0 aromatic rings. The van der Waals surface area contributed by atoms with Crippen molar-refractivity contribution in [2.45, 2.75) is 6.42 Å². The maximum Gasteiger partial charge on any atom is 0.201 e. The first-order chi connectivity index (χ1) is 4.88. The number of aliphatic imine (C=N–C) groups is 2. The number of dihydropyridines is 1. The summed E-state index contributed by atoms with van der Waals surface area (Å²) in [5.74, 6) is 0.0266. The maximum absolute atomic E-state index is 11.0. The number of carbonyl (C=O) groups excluding carboxylic acids is 1. The van der Waals surface area contributed by atoms with Crippen molar-refractivity contribution in [3.05, 3.63) is 11.3 Å². The highest BCUT2D eigenvalue weighted by Gasteiger charge is 2.18. The largest absolute Gasteiger partial charge is 0.288 e. The van der Waals surface area contributed by atoms with Gasteiger partial charge in [0, 0.05) is 18.2 Å². The van der Waals surface area contributed by atoms with Crippen molar-refractivity contribution in [2.24, 2.45) is 9.98 Å². The third-order valence-corrected chi connectivity index (χ3v) is 1.64. The summed E-state index contributed by atoms with van der Waals surface area (Å²) in [4.78, 5) is 18.9. The second kappa shape index (κ2) is 1.87. The number of carbonyl (C=O) groups is 1. The minimum Gasteiger partial charge on any atom is -0.288 e. The average Bonchev–Trinajstić information content (AvgIpc) is 2.36. The SMILES string of the molecule is O=C1C=NCC2=C1CC=N2. The monoisotopic (exact) mass is 134 g/mol. The minimum absolute atomic E-state index is 0.0266. The van der Waals surface area contributed by atoms with Crippen LogP contribution < -0.4 is 0 Å². The van der Waals surface area contributed by atoms with Crippen molar-refractivity contribution < 1.29 is 4.79 Å². The fourth-order valence-corrected chi connectivity index (χ4v) is 1.11. The summed E-state index contributed by atoms with van der Waals surface area (Å²) in [6, 6.07) is 0. The number of Topliss-reactive ketones (excluding diaryl/α,β-unsaturated/α-hetero) is 1. The molecule has 10 heavy (non-hydrogen) atoms. The Bertz CT molecular complexity index is 273. The third-order valence-electron chi connectivity index (χ3n) is 1.64. The predicted molar refractivity (Wildman–Crippen MR) is 38.5 cm³/mol. The normalized spacial score (nSPS) is 22.2. The van der Waals surface area contributed by atoms with E-state index in [4.69, 9.17) is 0 Å². The van der Waals surface area contributed by atoms with Crippen LogP contribution in [0.2, 0.25) is 0 Å². The quantitative estimate of drug-likeness (QED) is 0.472. The van der Waals surface area contributed by atoms with Crippen LogP contribution in [0.25, 0.3) is 0 Å². The van der Waals surface area contributed by atoms with Gasteiger partial charge in [0.1, 0.15) is 0 Å². The van der Waals surface area contributed by atoms with E-state index in [-0.39, 0.29) is 5.78 Å². The van der Waals surface area contributed by atoms with Gasteiger partial charge in [-0.25, -0.2) is 0 Å². The molecule has 0 aliphatic carbocycles. The van der Waals surface area contributed by atoms with Crippen LogP contribution in [-0.4, -0.2) is 24.8 Å². The van der Waals surface area contributed by atoms with Crippen molar-refractivity contribution >= 4 is 18.2 Å². The molecule has 2 heterocycles. The van der Waals surface area contributed by atoms with Crippen LogP contribution in [0.1, 0.15) is 6.42 Å². The number of hydrogen-bond donors (Lipinski definition) is 0. The standard InChI is InChI=1S/C7H6N2O/c10-7-4-8-3-6-5(7)1-2-9-6/h2,4H,1,3H2. The maximum atomic E-state index is 11.0. The first kappa shape index (κ1) is 5.53. The summed E-state index contributed by atoms with van der Waals surface area (Å²) in [5.41, 5.74) is 1.68. The lowest BCUT2D eigenvalue weighted by Gasteiger charge is -2.03. The molecule has 0 spiro atoms. The van der Waals surface area contributed by atoms with E-state index >= 15 is 0 Å². The molecule has 0 bridgehead atoms. The molecule has 0 atom stereocenters. The molecule has 3 nitrogen and oxygen atoms in total. The van der Waals surface area contributed by atoms with Gasteiger partial charge in [-0.1, -0.05) is 0 Å². The fraction of sp³-hybridized carbons (Fsp3) is 0.286. The Morgan fingerprint density at radius 3 is 3.20 bits per heavy atom. The lowest BCUT2D eigenvalue weighted by atomic mass is 10.1. The van der Waals surface area contributed by atoms with E-state index in [0.717, 1.165) is 11.3 Å². The average molecular weight is 134 g/mol. The Kier molecular flexibility index (Phi) is 1.03. The van der Waals surface area contributed by atoms with Gasteiger partial charge in [0.25, 0.3) is 0 Å². The van der Waals surface area contributed by atoms with E-state index in [1.54, 1.807) is 6.21 Å². The Morgan fingerprint density at radius 2 is 2.40 bits per heavy atom. The highest BCUT2D eigenvalue weighted by molar-refractivity contribution is 6.36. The summed E-state index contributed by atoms with van der Waals surface area (Å²) >= 11 is 0. The van der Waals surface area contributed by atoms with Crippen LogP contribution in [0.15, 0.2) is 21.3 Å². The van der Waals surface area contributed by atoms with Gasteiger partial charge in [-0.2, -0.15) is 0 Å². The van der Waals surface area contributed by atoms with Crippen LogP contribution in [0, 0.1) is 0 Å². The molecule has 2 rings (SSSR count). The number of rotatable bonds is 0. The molecule has 0 fully saturated rings. The molecule has 50 valence electrons. The number of nitrogens with zero attached hydrogens (tertiary/aromatic N) is 2. The van der Waals surface area contributed by atoms with E-state index in [1.165, 1.54) is 6.21 Å². The zero-order chi connectivity index (χ0) is 6.97. The molecule has 0 radical (unpaired) electrons. The van der Waals surface area contributed by atoms with Crippen LogP contribution in [0.3, 0.4) is 0 Å². The highest BCUT2D eigenvalue weighted by atomic mass is 16.1.